The molecule has 4 rings (SSSR count). The fraction of sp³-hybridized carbons (Fsp3) is 0.714. The molecular weight excluding hydrogens is 332 g/mol. The molecule has 6 atom stereocenters. The van der Waals surface area contributed by atoms with Crippen molar-refractivity contribution < 1.29 is 23.9 Å². The molecule has 0 bridgehead atoms. The van der Waals surface area contributed by atoms with Gasteiger partial charge in [-0.3, -0.25) is 19.2 Å². The maximum absolute atomic E-state index is 13.2. The molecular formula is C21H26O5. The van der Waals surface area contributed by atoms with Gasteiger partial charge >= 0.3 is 5.97 Å². The highest BCUT2D eigenvalue weighted by Gasteiger charge is 2.64. The standard InChI is InChI=1S/C21H26O5/c1-11(22)26-13-6-7-20(2)12(8-13)9-15(23)18-14-4-5-17(25)21(14,3)10-16(24)19(18)20/h9,13-14,18-19H,4-8,10H2,1-3H3. The van der Waals surface area contributed by atoms with E-state index in [4.69, 9.17) is 4.74 Å². The monoisotopic (exact) mass is 358 g/mol. The predicted molar refractivity (Wildman–Crippen MR) is 93.0 cm³/mol. The van der Waals surface area contributed by atoms with Crippen molar-refractivity contribution in [2.24, 2.45) is 28.6 Å². The first-order valence-corrected chi connectivity index (χ1v) is 9.65. The zero-order valence-electron chi connectivity index (χ0n) is 15.7. The van der Waals surface area contributed by atoms with Crippen LogP contribution in [0.15, 0.2) is 11.6 Å². The van der Waals surface area contributed by atoms with E-state index in [1.807, 2.05) is 6.92 Å². The van der Waals surface area contributed by atoms with Gasteiger partial charge in [0.2, 0.25) is 0 Å². The van der Waals surface area contributed by atoms with Gasteiger partial charge in [0.15, 0.2) is 5.78 Å². The van der Waals surface area contributed by atoms with Crippen LogP contribution in [0.25, 0.3) is 0 Å². The molecule has 6 unspecified atom stereocenters. The number of hydrogen-bond donors (Lipinski definition) is 0. The first kappa shape index (κ1) is 17.6. The predicted octanol–water partition coefficient (Wildman–Crippen LogP) is 2.81. The molecule has 4 aliphatic rings. The van der Waals surface area contributed by atoms with Crippen molar-refractivity contribution in [3.05, 3.63) is 11.6 Å². The minimum Gasteiger partial charge on any atom is -0.462 e. The molecule has 0 aromatic heterocycles. The van der Waals surface area contributed by atoms with E-state index >= 15 is 0 Å². The summed E-state index contributed by atoms with van der Waals surface area (Å²) in [6.07, 6.45) is 4.91. The Labute approximate surface area is 153 Å². The molecule has 0 heterocycles. The molecule has 0 aromatic rings. The van der Waals surface area contributed by atoms with Crippen molar-refractivity contribution in [2.45, 2.75) is 65.4 Å². The number of esters is 1. The van der Waals surface area contributed by atoms with Crippen molar-refractivity contribution in [1.82, 2.24) is 0 Å². The molecule has 5 heteroatoms. The van der Waals surface area contributed by atoms with Gasteiger partial charge in [0.1, 0.15) is 17.7 Å². The summed E-state index contributed by atoms with van der Waals surface area (Å²) in [6, 6.07) is 0. The van der Waals surface area contributed by atoms with E-state index in [1.165, 1.54) is 6.92 Å². The molecule has 5 nitrogen and oxygen atoms in total. The summed E-state index contributed by atoms with van der Waals surface area (Å²) in [7, 11) is 0. The smallest absolute Gasteiger partial charge is 0.302 e. The van der Waals surface area contributed by atoms with Crippen LogP contribution in [0, 0.1) is 28.6 Å². The summed E-state index contributed by atoms with van der Waals surface area (Å²) < 4.78 is 5.36. The molecule has 0 aliphatic heterocycles. The lowest BCUT2D eigenvalue weighted by Crippen LogP contribution is -2.57. The van der Waals surface area contributed by atoms with Gasteiger partial charge < -0.3 is 4.74 Å². The van der Waals surface area contributed by atoms with Crippen LogP contribution in [0.3, 0.4) is 0 Å². The summed E-state index contributed by atoms with van der Waals surface area (Å²) in [4.78, 5) is 49.9. The third-order valence-corrected chi connectivity index (χ3v) is 7.65. The molecule has 26 heavy (non-hydrogen) atoms. The lowest BCUT2D eigenvalue weighted by Gasteiger charge is -2.54. The van der Waals surface area contributed by atoms with Crippen molar-refractivity contribution in [3.8, 4) is 0 Å². The van der Waals surface area contributed by atoms with Crippen molar-refractivity contribution in [3.63, 3.8) is 0 Å². The van der Waals surface area contributed by atoms with Crippen LogP contribution in [0.1, 0.15) is 59.3 Å². The van der Waals surface area contributed by atoms with Gasteiger partial charge in [-0.1, -0.05) is 19.4 Å². The van der Waals surface area contributed by atoms with Gasteiger partial charge in [-0.2, -0.15) is 0 Å². The number of ketones is 3. The summed E-state index contributed by atoms with van der Waals surface area (Å²) in [6.45, 7) is 5.37. The molecule has 0 spiro atoms. The average molecular weight is 358 g/mol. The topological polar surface area (TPSA) is 77.5 Å². The van der Waals surface area contributed by atoms with Gasteiger partial charge in [-0.15, -0.1) is 0 Å². The van der Waals surface area contributed by atoms with Crippen LogP contribution >= 0.6 is 0 Å². The molecule has 3 fully saturated rings. The van der Waals surface area contributed by atoms with Crippen molar-refractivity contribution >= 4 is 23.3 Å². The number of rotatable bonds is 1. The van der Waals surface area contributed by atoms with E-state index in [-0.39, 0.29) is 59.0 Å². The SMILES string of the molecule is CC(=O)OC1CCC2(C)C(=CC(=O)C3C4CCC(=O)C4(C)CC(=O)C32)C1. The van der Waals surface area contributed by atoms with E-state index in [9.17, 15) is 19.2 Å². The second-order valence-corrected chi connectivity index (χ2v) is 9.10. The molecule has 140 valence electrons. The van der Waals surface area contributed by atoms with E-state index < -0.39 is 5.41 Å². The molecule has 0 radical (unpaired) electrons. The van der Waals surface area contributed by atoms with Crippen LogP contribution < -0.4 is 0 Å². The minimum atomic E-state index is -0.662. The number of fused-ring (bicyclic) bond motifs is 5. The van der Waals surface area contributed by atoms with Gasteiger partial charge in [0.05, 0.1) is 0 Å². The third kappa shape index (κ3) is 2.28. The molecule has 4 aliphatic carbocycles. The van der Waals surface area contributed by atoms with Crippen LogP contribution in [0.5, 0.6) is 0 Å². The highest BCUT2D eigenvalue weighted by atomic mass is 16.5. The zero-order valence-corrected chi connectivity index (χ0v) is 15.7. The van der Waals surface area contributed by atoms with Gasteiger partial charge in [-0.05, 0) is 36.7 Å². The minimum absolute atomic E-state index is 0.00933. The summed E-state index contributed by atoms with van der Waals surface area (Å²) in [5.74, 6) is -0.843. The molecule has 3 saturated carbocycles. The number of hydrogen-bond acceptors (Lipinski definition) is 5. The Kier molecular flexibility index (Phi) is 3.80. The lowest BCUT2D eigenvalue weighted by molar-refractivity contribution is -0.156. The Hall–Kier alpha value is -1.78. The van der Waals surface area contributed by atoms with E-state index in [0.717, 1.165) is 12.0 Å². The second-order valence-electron chi connectivity index (χ2n) is 9.10. The van der Waals surface area contributed by atoms with Gasteiger partial charge in [-0.25, -0.2) is 0 Å². The van der Waals surface area contributed by atoms with Crippen LogP contribution in [-0.4, -0.2) is 29.4 Å². The number of ether oxygens (including phenoxy) is 1. The van der Waals surface area contributed by atoms with Crippen molar-refractivity contribution in [2.75, 3.05) is 0 Å². The first-order chi connectivity index (χ1) is 12.2. The summed E-state index contributed by atoms with van der Waals surface area (Å²) in [5.41, 5.74) is -0.0772. The average Bonchev–Trinajstić information content (AvgIpc) is 2.83. The number of carbonyl (C=O) groups is 4. The maximum Gasteiger partial charge on any atom is 0.302 e. The largest absolute Gasteiger partial charge is 0.462 e. The Bertz CT molecular complexity index is 750. The van der Waals surface area contributed by atoms with Gasteiger partial charge in [0, 0.05) is 43.4 Å². The van der Waals surface area contributed by atoms with Crippen LogP contribution in [-0.2, 0) is 23.9 Å². The second kappa shape index (κ2) is 5.61. The fourth-order valence-electron chi connectivity index (χ4n) is 6.31. The maximum atomic E-state index is 13.2. The lowest BCUT2D eigenvalue weighted by atomic mass is 9.47. The van der Waals surface area contributed by atoms with E-state index in [1.54, 1.807) is 6.08 Å². The van der Waals surface area contributed by atoms with E-state index in [0.29, 0.717) is 25.7 Å². The first-order valence-electron chi connectivity index (χ1n) is 9.65. The third-order valence-electron chi connectivity index (χ3n) is 7.65. The normalized spacial score (nSPS) is 44.7. The Balaban J connectivity index is 1.72. The van der Waals surface area contributed by atoms with E-state index in [2.05, 4.69) is 6.92 Å². The molecule has 0 saturated heterocycles. The van der Waals surface area contributed by atoms with Crippen molar-refractivity contribution in [1.29, 1.82) is 0 Å². The Morgan fingerprint density at radius 3 is 2.58 bits per heavy atom. The van der Waals surface area contributed by atoms with Crippen LogP contribution in [0.2, 0.25) is 0 Å². The highest BCUT2D eigenvalue weighted by Crippen LogP contribution is 2.62. The van der Waals surface area contributed by atoms with Crippen LogP contribution in [0.4, 0.5) is 0 Å². The number of allylic oxidation sites excluding steroid dienone is 1. The summed E-state index contributed by atoms with van der Waals surface area (Å²) in [5, 5.41) is 0. The Morgan fingerprint density at radius 2 is 1.88 bits per heavy atom. The quantitative estimate of drug-likeness (QED) is 0.674. The summed E-state index contributed by atoms with van der Waals surface area (Å²) >= 11 is 0. The number of Topliss-reactive ketones (excluding diaryl/α,β-unsaturated/α-hetero) is 2. The number of carbonyl (C=O) groups excluding carboxylic acids is 4. The Morgan fingerprint density at radius 1 is 1.15 bits per heavy atom. The zero-order chi connectivity index (χ0) is 18.9. The van der Waals surface area contributed by atoms with Gasteiger partial charge in [0.25, 0.3) is 0 Å². The molecule has 0 N–H and O–H groups in total. The molecule has 0 aromatic carbocycles. The molecule has 0 amide bonds. The highest BCUT2D eigenvalue weighted by molar-refractivity contribution is 6.04. The fourth-order valence-corrected chi connectivity index (χ4v) is 6.31.